The Bertz CT molecular complexity index is 1760. The molecular weight excluding hydrogens is 760 g/mol. The van der Waals surface area contributed by atoms with Gasteiger partial charge < -0.3 is 29.3 Å². The third kappa shape index (κ3) is 9.74. The first-order valence-electron chi connectivity index (χ1n) is 21.1. The summed E-state index contributed by atoms with van der Waals surface area (Å²) in [7, 11) is 3.22. The minimum absolute atomic E-state index is 0.0949. The molecule has 3 fully saturated rings. The molecule has 2 unspecified atom stereocenters. The molecular formula is C44H63ClN6O7. The van der Waals surface area contributed by atoms with Crippen molar-refractivity contribution in [2.24, 2.45) is 34.1 Å². The van der Waals surface area contributed by atoms with Crippen molar-refractivity contribution in [1.29, 1.82) is 0 Å². The molecule has 0 spiro atoms. The number of fused-ring (bicyclic) bond motifs is 2. The zero-order chi connectivity index (χ0) is 41.9. The zero-order valence-corrected chi connectivity index (χ0v) is 36.0. The number of hydrogen-bond acceptors (Lipinski definition) is 11. The van der Waals surface area contributed by atoms with Gasteiger partial charge in [0.25, 0.3) is 5.91 Å². The van der Waals surface area contributed by atoms with Crippen LogP contribution in [-0.4, -0.2) is 139 Å². The monoisotopic (exact) mass is 822 g/mol. The standard InChI is InChI=1S/C25H38O5.C19H25ClN6O2/c1-6-25(4,5)24(28)30-21-12-15(2)11-17-8-7-16(3)20(23(17)21)10-9-19-13-18(26)14-22(27)29-19;1-22-17-16(18(27)23(2)19(22)28)26(13-21-17)12-9-24-7-10-25(11-8-24)15-6-4-3-5-14(15)20/h7-8,11,15-16,18-21,23,26H,6,9-10,12-14H2,1-5H3;3-6,13,16-17H,7-12H2,1-2H3/t15-,16-,18+,19+,20-,21-,23-;/m0./s1. The summed E-state index contributed by atoms with van der Waals surface area (Å²) in [5, 5.41) is 10.7. The Morgan fingerprint density at radius 3 is 2.45 bits per heavy atom. The van der Waals surface area contributed by atoms with Gasteiger partial charge in [0.1, 0.15) is 12.2 Å². The number of cyclic esters (lactones) is 1. The first kappa shape index (κ1) is 43.6. The van der Waals surface area contributed by atoms with Crippen molar-refractivity contribution in [3.63, 3.8) is 0 Å². The van der Waals surface area contributed by atoms with Gasteiger partial charge in [0.15, 0.2) is 12.2 Å². The number of piperazine rings is 1. The van der Waals surface area contributed by atoms with Crippen LogP contribution in [-0.2, 0) is 23.9 Å². The van der Waals surface area contributed by atoms with Crippen molar-refractivity contribution < 1.29 is 33.8 Å². The first-order valence-corrected chi connectivity index (χ1v) is 21.5. The van der Waals surface area contributed by atoms with Gasteiger partial charge >= 0.3 is 18.0 Å². The summed E-state index contributed by atoms with van der Waals surface area (Å²) in [5.74, 6) is 0.590. The highest BCUT2D eigenvalue weighted by Crippen LogP contribution is 2.46. The van der Waals surface area contributed by atoms with Gasteiger partial charge in [-0.25, -0.2) is 9.79 Å². The van der Waals surface area contributed by atoms with Crippen LogP contribution in [0.2, 0.25) is 5.02 Å². The molecule has 7 rings (SSSR count). The van der Waals surface area contributed by atoms with E-state index in [0.717, 1.165) is 69.1 Å². The van der Waals surface area contributed by atoms with Gasteiger partial charge in [0, 0.05) is 65.7 Å². The van der Waals surface area contributed by atoms with Gasteiger partial charge in [-0.15, -0.1) is 0 Å². The van der Waals surface area contributed by atoms with Gasteiger partial charge in [0.2, 0.25) is 0 Å². The molecule has 0 bridgehead atoms. The van der Waals surface area contributed by atoms with E-state index in [2.05, 4.69) is 52.9 Å². The topological polar surface area (TPSA) is 136 Å². The molecule has 58 heavy (non-hydrogen) atoms. The van der Waals surface area contributed by atoms with E-state index in [1.165, 1.54) is 22.4 Å². The van der Waals surface area contributed by atoms with E-state index < -0.39 is 23.7 Å². The highest BCUT2D eigenvalue weighted by atomic mass is 35.5. The number of ether oxygens (including phenoxy) is 2. The molecule has 1 aromatic carbocycles. The van der Waals surface area contributed by atoms with Gasteiger partial charge in [-0.2, -0.15) is 0 Å². The number of nitrogens with zero attached hydrogens (tertiary/aromatic N) is 6. The van der Waals surface area contributed by atoms with E-state index in [4.69, 9.17) is 21.1 Å². The van der Waals surface area contributed by atoms with Crippen LogP contribution in [0.25, 0.3) is 0 Å². The highest BCUT2D eigenvalue weighted by molar-refractivity contribution is 6.33. The van der Waals surface area contributed by atoms with Crippen LogP contribution >= 0.6 is 11.6 Å². The zero-order valence-electron chi connectivity index (χ0n) is 35.3. The van der Waals surface area contributed by atoms with E-state index in [1.54, 1.807) is 13.4 Å². The lowest BCUT2D eigenvalue weighted by atomic mass is 9.65. The number of rotatable bonds is 10. The van der Waals surface area contributed by atoms with Crippen LogP contribution in [0.1, 0.15) is 73.1 Å². The van der Waals surface area contributed by atoms with Crippen molar-refractivity contribution in [2.45, 2.75) is 104 Å². The maximum Gasteiger partial charge on any atom is 0.328 e. The fourth-order valence-corrected chi connectivity index (χ4v) is 9.41. The molecule has 6 aliphatic rings. The van der Waals surface area contributed by atoms with Crippen molar-refractivity contribution in [3.8, 4) is 0 Å². The van der Waals surface area contributed by atoms with E-state index >= 15 is 0 Å². The molecule has 4 aliphatic heterocycles. The summed E-state index contributed by atoms with van der Waals surface area (Å²) < 4.78 is 11.6. The van der Waals surface area contributed by atoms with Gasteiger partial charge in [-0.1, -0.05) is 62.7 Å². The van der Waals surface area contributed by atoms with Crippen LogP contribution in [0.3, 0.4) is 0 Å². The Morgan fingerprint density at radius 2 is 1.76 bits per heavy atom. The molecule has 4 heterocycles. The van der Waals surface area contributed by atoms with E-state index in [0.29, 0.717) is 30.7 Å². The summed E-state index contributed by atoms with van der Waals surface area (Å²) in [6.45, 7) is 15.6. The lowest BCUT2D eigenvalue weighted by Gasteiger charge is -2.44. The number of imide groups is 1. The largest absolute Gasteiger partial charge is 0.462 e. The number of aliphatic imine (C=N–C) groups is 1. The number of carbonyl (C=O) groups excluding carboxylic acids is 4. The molecule has 3 amide bonds. The molecule has 14 heteroatoms. The van der Waals surface area contributed by atoms with Crippen LogP contribution < -0.4 is 4.90 Å². The Balaban J connectivity index is 0.000000196. The number of halogens is 1. The number of aliphatic hydroxyl groups is 1. The number of likely N-dealkylation sites (N-methyl/N-ethyl adjacent to an activating group) is 2. The molecule has 0 aromatic heterocycles. The van der Waals surface area contributed by atoms with Crippen molar-refractivity contribution in [1.82, 2.24) is 19.6 Å². The average molecular weight is 823 g/mol. The van der Waals surface area contributed by atoms with Gasteiger partial charge in [0.05, 0.1) is 35.0 Å². The number of urea groups is 1. The average Bonchev–Trinajstić information content (AvgIpc) is 3.62. The number of carbonyl (C=O) groups is 4. The number of aliphatic hydroxyl groups excluding tert-OH is 1. The Morgan fingerprint density at radius 1 is 1.03 bits per heavy atom. The van der Waals surface area contributed by atoms with E-state index in [-0.39, 0.29) is 48.4 Å². The van der Waals surface area contributed by atoms with Crippen LogP contribution in [0.5, 0.6) is 0 Å². The third-order valence-electron chi connectivity index (χ3n) is 13.2. The van der Waals surface area contributed by atoms with Crippen LogP contribution in [0.15, 0.2) is 53.1 Å². The molecule has 1 N–H and O–H groups in total. The summed E-state index contributed by atoms with van der Waals surface area (Å²) in [4.78, 5) is 63.0. The molecule has 3 saturated heterocycles. The smallest absolute Gasteiger partial charge is 0.328 e. The Labute approximate surface area is 349 Å². The Hall–Kier alpha value is -3.94. The number of allylic oxidation sites excluding steroid dienone is 3. The first-order chi connectivity index (χ1) is 27.6. The number of hydrogen-bond donors (Lipinski definition) is 1. The molecule has 2 aliphatic carbocycles. The van der Waals surface area contributed by atoms with Crippen LogP contribution in [0.4, 0.5) is 10.5 Å². The van der Waals surface area contributed by atoms with Gasteiger partial charge in [-0.3, -0.25) is 24.2 Å². The minimum Gasteiger partial charge on any atom is -0.462 e. The fraction of sp³-hybridized carbons (Fsp3) is 0.659. The summed E-state index contributed by atoms with van der Waals surface area (Å²) in [6, 6.07) is 7.21. The third-order valence-corrected chi connectivity index (χ3v) is 13.5. The molecule has 13 nitrogen and oxygen atoms in total. The second-order valence-corrected chi connectivity index (χ2v) is 18.1. The summed E-state index contributed by atoms with van der Waals surface area (Å²) in [6.07, 6.45) is 10.9. The van der Waals surface area contributed by atoms with Crippen molar-refractivity contribution in [2.75, 3.05) is 58.3 Å². The normalized spacial score (nSPS) is 31.3. The number of anilines is 1. The number of benzene rings is 1. The second-order valence-electron chi connectivity index (χ2n) is 17.7. The van der Waals surface area contributed by atoms with Crippen molar-refractivity contribution in [3.05, 3.63) is 53.1 Å². The second kappa shape index (κ2) is 18.5. The number of amides is 3. The van der Waals surface area contributed by atoms with Crippen LogP contribution in [0, 0.1) is 29.1 Å². The number of para-hydroxylation sites is 1. The predicted octanol–water partition coefficient (Wildman–Crippen LogP) is 5.61. The van der Waals surface area contributed by atoms with E-state index in [1.807, 2.05) is 43.9 Å². The minimum atomic E-state index is -0.601. The van der Waals surface area contributed by atoms with Gasteiger partial charge in [-0.05, 0) is 75.0 Å². The lowest BCUT2D eigenvalue weighted by Crippen LogP contribution is -2.64. The van der Waals surface area contributed by atoms with Crippen molar-refractivity contribution >= 4 is 47.5 Å². The fourth-order valence-electron chi connectivity index (χ4n) is 9.16. The molecule has 0 saturated carbocycles. The summed E-state index contributed by atoms with van der Waals surface area (Å²) in [5.41, 5.74) is 1.87. The maximum atomic E-state index is 12.9. The highest BCUT2D eigenvalue weighted by Gasteiger charge is 2.48. The lowest BCUT2D eigenvalue weighted by molar-refractivity contribution is -0.166. The molecule has 9 atom stereocenters. The predicted molar refractivity (Wildman–Crippen MR) is 224 cm³/mol. The number of esters is 2. The summed E-state index contributed by atoms with van der Waals surface area (Å²) >= 11 is 6.31. The SMILES string of the molecule is CCC(C)(C)C(=O)O[C@H]1C[C@@H](C)C=C2C=C[C@H](C)[C@H](CC[C@@H]3C[C@@H](O)CC(=O)O3)[C@H]21.CN1C(=O)C2C(N=CN2CCN2CCN(c3ccccc3Cl)CC2)N(C)C1=O. The van der Waals surface area contributed by atoms with E-state index in [9.17, 15) is 24.3 Å². The maximum absolute atomic E-state index is 12.9. The molecule has 318 valence electrons. The molecule has 0 radical (unpaired) electrons. The molecule has 1 aromatic rings. The Kier molecular flexibility index (Phi) is 14.0. The quantitative estimate of drug-likeness (QED) is 0.297.